The van der Waals surface area contributed by atoms with E-state index in [2.05, 4.69) is 33.8 Å². The highest BCUT2D eigenvalue weighted by molar-refractivity contribution is 6.15. The van der Waals surface area contributed by atoms with Crippen molar-refractivity contribution in [3.8, 4) is 0 Å². The Kier molecular flexibility index (Phi) is 3.81. The molecule has 2 fully saturated rings. The van der Waals surface area contributed by atoms with Crippen molar-refractivity contribution in [3.05, 3.63) is 23.0 Å². The van der Waals surface area contributed by atoms with E-state index in [4.69, 9.17) is 0 Å². The van der Waals surface area contributed by atoms with Crippen LogP contribution in [0.5, 0.6) is 0 Å². The quantitative estimate of drug-likeness (QED) is 0.736. The van der Waals surface area contributed by atoms with Gasteiger partial charge in [-0.05, 0) is 63.7 Å². The zero-order valence-electron chi connectivity index (χ0n) is 14.8. The lowest BCUT2D eigenvalue weighted by atomic mass is 9.48. The van der Waals surface area contributed by atoms with Crippen LogP contribution < -0.4 is 0 Å². The van der Waals surface area contributed by atoms with Crippen LogP contribution in [0.15, 0.2) is 23.0 Å². The van der Waals surface area contributed by atoms with E-state index in [-0.39, 0.29) is 46.6 Å². The topological polar surface area (TPSA) is 54.4 Å². The van der Waals surface area contributed by atoms with Crippen molar-refractivity contribution in [3.63, 3.8) is 0 Å². The molecule has 126 valence electrons. The molecule has 3 aliphatic carbocycles. The highest BCUT2D eigenvalue weighted by Gasteiger charge is 2.67. The standard InChI is InChI=1S/C20H28O3/c1-10(2)8-14-9-12(4)15-7-6-11(3)16-18(22)17(21)13(5)19(23)20(14,15)16/h8,11-12,14-16,21H,6-7,9H2,1-5H3/t11-,12-,14+,15+,16+,20+/m1/s1. The van der Waals surface area contributed by atoms with Crippen LogP contribution in [0, 0.1) is 35.0 Å². The maximum Gasteiger partial charge on any atom is 0.201 e. The molecule has 1 spiro atoms. The van der Waals surface area contributed by atoms with Gasteiger partial charge in [0.1, 0.15) is 0 Å². The molecule has 3 aliphatic rings. The summed E-state index contributed by atoms with van der Waals surface area (Å²) >= 11 is 0. The van der Waals surface area contributed by atoms with Crippen molar-refractivity contribution in [2.45, 2.75) is 53.9 Å². The Morgan fingerprint density at radius 1 is 1.17 bits per heavy atom. The zero-order valence-corrected chi connectivity index (χ0v) is 14.8. The van der Waals surface area contributed by atoms with Crippen LogP contribution in [-0.4, -0.2) is 16.7 Å². The van der Waals surface area contributed by atoms with Crippen LogP contribution in [0.3, 0.4) is 0 Å². The van der Waals surface area contributed by atoms with E-state index >= 15 is 0 Å². The first-order valence-corrected chi connectivity index (χ1v) is 8.86. The number of carbonyl (C=O) groups is 2. The molecular formula is C20H28O3. The van der Waals surface area contributed by atoms with Gasteiger partial charge >= 0.3 is 0 Å². The molecule has 0 saturated heterocycles. The minimum Gasteiger partial charge on any atom is -0.504 e. The van der Waals surface area contributed by atoms with E-state index < -0.39 is 5.41 Å². The number of aliphatic hydroxyl groups is 1. The summed E-state index contributed by atoms with van der Waals surface area (Å²) in [5.74, 6) is 0.149. The summed E-state index contributed by atoms with van der Waals surface area (Å²) in [6.07, 6.45) is 5.15. The summed E-state index contributed by atoms with van der Waals surface area (Å²) in [5, 5.41) is 10.2. The van der Waals surface area contributed by atoms with E-state index in [0.29, 0.717) is 5.92 Å². The molecular weight excluding hydrogens is 288 g/mol. The molecule has 3 heteroatoms. The number of hydrogen-bond donors (Lipinski definition) is 1. The lowest BCUT2D eigenvalue weighted by Gasteiger charge is -2.52. The molecule has 0 bridgehead atoms. The fourth-order valence-electron chi connectivity index (χ4n) is 5.90. The van der Waals surface area contributed by atoms with Crippen molar-refractivity contribution in [1.82, 2.24) is 0 Å². The Bertz CT molecular complexity index is 623. The highest BCUT2D eigenvalue weighted by atomic mass is 16.3. The first-order chi connectivity index (χ1) is 10.7. The van der Waals surface area contributed by atoms with Gasteiger partial charge in [-0.25, -0.2) is 0 Å². The Labute approximate surface area is 138 Å². The SMILES string of the molecule is CC(C)=C[C@H]1C[C@@H](C)[C@@H]2CC[C@@H](C)[C@H]3C(=O)C(O)=C(C)C(=O)[C@@]312. The second-order valence-electron chi connectivity index (χ2n) is 8.30. The lowest BCUT2D eigenvalue weighted by Crippen LogP contribution is -2.57. The van der Waals surface area contributed by atoms with E-state index in [9.17, 15) is 14.7 Å². The number of hydrogen-bond acceptors (Lipinski definition) is 3. The van der Waals surface area contributed by atoms with Gasteiger partial charge in [-0.1, -0.05) is 25.5 Å². The number of aliphatic hydroxyl groups excluding tert-OH is 1. The second kappa shape index (κ2) is 5.32. The van der Waals surface area contributed by atoms with Crippen molar-refractivity contribution < 1.29 is 14.7 Å². The van der Waals surface area contributed by atoms with Crippen LogP contribution >= 0.6 is 0 Å². The summed E-state index contributed by atoms with van der Waals surface area (Å²) in [7, 11) is 0. The number of allylic oxidation sites excluding steroid dienone is 4. The van der Waals surface area contributed by atoms with E-state index in [0.717, 1.165) is 19.3 Å². The minimum absolute atomic E-state index is 0.0306. The highest BCUT2D eigenvalue weighted by Crippen LogP contribution is 2.65. The van der Waals surface area contributed by atoms with Gasteiger partial charge in [0.25, 0.3) is 0 Å². The first kappa shape index (κ1) is 16.5. The van der Waals surface area contributed by atoms with E-state index in [1.54, 1.807) is 6.92 Å². The smallest absolute Gasteiger partial charge is 0.201 e. The maximum absolute atomic E-state index is 13.4. The molecule has 0 unspecified atom stereocenters. The van der Waals surface area contributed by atoms with Gasteiger partial charge in [0.05, 0.1) is 5.41 Å². The third kappa shape index (κ3) is 2.01. The molecule has 0 aromatic carbocycles. The largest absolute Gasteiger partial charge is 0.504 e. The molecule has 0 aromatic heterocycles. The average molecular weight is 316 g/mol. The predicted octanol–water partition coefficient (Wildman–Crippen LogP) is 4.24. The molecule has 6 atom stereocenters. The lowest BCUT2D eigenvalue weighted by molar-refractivity contribution is -0.152. The van der Waals surface area contributed by atoms with Gasteiger partial charge in [-0.2, -0.15) is 0 Å². The third-order valence-corrected chi connectivity index (χ3v) is 6.70. The predicted molar refractivity (Wildman–Crippen MR) is 89.9 cm³/mol. The van der Waals surface area contributed by atoms with Crippen molar-refractivity contribution in [1.29, 1.82) is 0 Å². The second-order valence-corrected chi connectivity index (χ2v) is 8.30. The average Bonchev–Trinajstić information content (AvgIpc) is 2.75. The fourth-order valence-corrected chi connectivity index (χ4v) is 5.90. The van der Waals surface area contributed by atoms with Crippen molar-refractivity contribution in [2.75, 3.05) is 0 Å². The Hall–Kier alpha value is -1.38. The molecule has 2 saturated carbocycles. The Morgan fingerprint density at radius 3 is 2.43 bits per heavy atom. The Morgan fingerprint density at radius 2 is 1.83 bits per heavy atom. The number of ketones is 2. The zero-order chi connectivity index (χ0) is 17.1. The van der Waals surface area contributed by atoms with Crippen LogP contribution in [-0.2, 0) is 9.59 Å². The fraction of sp³-hybridized carbons (Fsp3) is 0.700. The number of carbonyl (C=O) groups excluding carboxylic acids is 2. The van der Waals surface area contributed by atoms with Gasteiger partial charge in [0, 0.05) is 11.5 Å². The molecule has 0 radical (unpaired) electrons. The normalized spacial score (nSPS) is 43.3. The van der Waals surface area contributed by atoms with Gasteiger partial charge < -0.3 is 5.11 Å². The van der Waals surface area contributed by atoms with Crippen LogP contribution in [0.25, 0.3) is 0 Å². The molecule has 0 aliphatic heterocycles. The summed E-state index contributed by atoms with van der Waals surface area (Å²) in [4.78, 5) is 26.3. The molecule has 0 heterocycles. The molecule has 23 heavy (non-hydrogen) atoms. The first-order valence-electron chi connectivity index (χ1n) is 8.86. The third-order valence-electron chi connectivity index (χ3n) is 6.70. The monoisotopic (exact) mass is 316 g/mol. The molecule has 0 aromatic rings. The summed E-state index contributed by atoms with van der Waals surface area (Å²) in [6.45, 7) is 10.0. The molecule has 3 rings (SSSR count). The molecule has 0 amide bonds. The molecule has 1 N–H and O–H groups in total. The van der Waals surface area contributed by atoms with Crippen molar-refractivity contribution >= 4 is 11.6 Å². The van der Waals surface area contributed by atoms with Gasteiger partial charge in [0.15, 0.2) is 11.5 Å². The van der Waals surface area contributed by atoms with Crippen LogP contribution in [0.2, 0.25) is 0 Å². The summed E-state index contributed by atoms with van der Waals surface area (Å²) < 4.78 is 0. The molecule has 3 nitrogen and oxygen atoms in total. The number of rotatable bonds is 1. The van der Waals surface area contributed by atoms with Gasteiger partial charge in [-0.15, -0.1) is 0 Å². The van der Waals surface area contributed by atoms with Crippen molar-refractivity contribution in [2.24, 2.45) is 35.0 Å². The van der Waals surface area contributed by atoms with Crippen LogP contribution in [0.1, 0.15) is 53.9 Å². The van der Waals surface area contributed by atoms with Crippen LogP contribution in [0.4, 0.5) is 0 Å². The minimum atomic E-state index is -0.623. The van der Waals surface area contributed by atoms with E-state index in [1.165, 1.54) is 5.57 Å². The van der Waals surface area contributed by atoms with E-state index in [1.807, 2.05) is 0 Å². The summed E-state index contributed by atoms with van der Waals surface area (Å²) in [6, 6.07) is 0. The number of Topliss-reactive ketones (excluding diaryl/α,β-unsaturated/α-hetero) is 2. The van der Waals surface area contributed by atoms with Gasteiger partial charge in [0.2, 0.25) is 5.78 Å². The summed E-state index contributed by atoms with van der Waals surface area (Å²) in [5.41, 5.74) is 0.861. The Balaban J connectivity index is 2.27. The van der Waals surface area contributed by atoms with Gasteiger partial charge in [-0.3, -0.25) is 9.59 Å². The maximum atomic E-state index is 13.4.